The van der Waals surface area contributed by atoms with E-state index in [1.807, 2.05) is 20.8 Å². The summed E-state index contributed by atoms with van der Waals surface area (Å²) in [6.45, 7) is 5.58. The van der Waals surface area contributed by atoms with Crippen molar-refractivity contribution in [2.24, 2.45) is 0 Å². The van der Waals surface area contributed by atoms with Crippen LogP contribution in [-0.4, -0.2) is 20.7 Å². The van der Waals surface area contributed by atoms with Crippen molar-refractivity contribution in [3.63, 3.8) is 0 Å². The average molecular weight is 393 g/mol. The highest BCUT2D eigenvalue weighted by atomic mass is 19.4. The van der Waals surface area contributed by atoms with Gasteiger partial charge in [-0.25, -0.2) is 4.79 Å². The zero-order valence-electron chi connectivity index (χ0n) is 15.4. The number of aromatic nitrogens is 3. The van der Waals surface area contributed by atoms with Gasteiger partial charge in [0.1, 0.15) is 11.4 Å². The van der Waals surface area contributed by atoms with Gasteiger partial charge < -0.3 is 4.74 Å². The molecule has 148 valence electrons. The SMILES string of the molecule is CC(C)(C)Oc1ccnc(Cc2ccc(C(F)(F)F)cc2)c1-c1noc(=O)[nH]1. The van der Waals surface area contributed by atoms with Crippen LogP contribution in [0.3, 0.4) is 0 Å². The molecule has 0 amide bonds. The maximum absolute atomic E-state index is 12.8. The number of nitrogens with zero attached hydrogens (tertiary/aromatic N) is 2. The number of hydrogen-bond acceptors (Lipinski definition) is 5. The Morgan fingerprint density at radius 1 is 1.11 bits per heavy atom. The van der Waals surface area contributed by atoms with E-state index >= 15 is 0 Å². The van der Waals surface area contributed by atoms with Crippen molar-refractivity contribution >= 4 is 0 Å². The molecule has 1 aromatic carbocycles. The molecule has 3 aromatic rings. The van der Waals surface area contributed by atoms with Gasteiger partial charge in [-0.05, 0) is 44.5 Å². The molecule has 28 heavy (non-hydrogen) atoms. The number of benzene rings is 1. The lowest BCUT2D eigenvalue weighted by molar-refractivity contribution is -0.137. The van der Waals surface area contributed by atoms with Crippen LogP contribution in [0.25, 0.3) is 11.4 Å². The molecule has 0 fully saturated rings. The highest BCUT2D eigenvalue weighted by Crippen LogP contribution is 2.34. The molecular formula is C19H18F3N3O3. The number of rotatable bonds is 4. The third-order valence-corrected chi connectivity index (χ3v) is 3.74. The van der Waals surface area contributed by atoms with Crippen molar-refractivity contribution in [3.8, 4) is 17.1 Å². The summed E-state index contributed by atoms with van der Waals surface area (Å²) in [5.74, 6) is -0.172. The van der Waals surface area contributed by atoms with Gasteiger partial charge in [-0.3, -0.25) is 14.5 Å². The highest BCUT2D eigenvalue weighted by molar-refractivity contribution is 5.67. The molecule has 0 bridgehead atoms. The van der Waals surface area contributed by atoms with Gasteiger partial charge in [0.25, 0.3) is 0 Å². The minimum atomic E-state index is -4.40. The fraction of sp³-hybridized carbons (Fsp3) is 0.316. The number of hydrogen-bond donors (Lipinski definition) is 1. The summed E-state index contributed by atoms with van der Waals surface area (Å²) in [6, 6.07) is 6.43. The van der Waals surface area contributed by atoms with Crippen molar-refractivity contribution in [3.05, 3.63) is 63.9 Å². The van der Waals surface area contributed by atoms with Crippen molar-refractivity contribution in [1.29, 1.82) is 0 Å². The van der Waals surface area contributed by atoms with E-state index in [0.717, 1.165) is 12.1 Å². The van der Waals surface area contributed by atoms with Gasteiger partial charge in [-0.1, -0.05) is 17.3 Å². The number of H-pyrrole nitrogens is 1. The van der Waals surface area contributed by atoms with Crippen molar-refractivity contribution < 1.29 is 22.4 Å². The van der Waals surface area contributed by atoms with E-state index < -0.39 is 23.1 Å². The molecule has 3 rings (SSSR count). The zero-order valence-corrected chi connectivity index (χ0v) is 15.4. The fourth-order valence-electron chi connectivity index (χ4n) is 2.63. The summed E-state index contributed by atoms with van der Waals surface area (Å²) in [5.41, 5.74) is 0.246. The molecule has 2 heterocycles. The molecular weight excluding hydrogens is 375 g/mol. The van der Waals surface area contributed by atoms with E-state index in [9.17, 15) is 18.0 Å². The first kappa shape index (κ1) is 19.7. The summed E-state index contributed by atoms with van der Waals surface area (Å²) < 4.78 is 48.8. The third kappa shape index (κ3) is 4.59. The van der Waals surface area contributed by atoms with Crippen LogP contribution >= 0.6 is 0 Å². The van der Waals surface area contributed by atoms with Gasteiger partial charge in [-0.2, -0.15) is 13.2 Å². The fourth-order valence-corrected chi connectivity index (χ4v) is 2.63. The van der Waals surface area contributed by atoms with Gasteiger partial charge in [0.2, 0.25) is 0 Å². The Labute approximate surface area is 158 Å². The zero-order chi connectivity index (χ0) is 20.5. The lowest BCUT2D eigenvalue weighted by atomic mass is 10.0. The molecule has 2 aromatic heterocycles. The van der Waals surface area contributed by atoms with Gasteiger partial charge in [0.05, 0.1) is 16.8 Å². The third-order valence-electron chi connectivity index (χ3n) is 3.74. The average Bonchev–Trinajstić information content (AvgIpc) is 2.99. The second kappa shape index (κ2) is 7.14. The second-order valence-corrected chi connectivity index (χ2v) is 7.16. The second-order valence-electron chi connectivity index (χ2n) is 7.16. The maximum atomic E-state index is 12.8. The van der Waals surface area contributed by atoms with Gasteiger partial charge in [-0.15, -0.1) is 0 Å². The minimum Gasteiger partial charge on any atom is -0.487 e. The Morgan fingerprint density at radius 3 is 2.32 bits per heavy atom. The van der Waals surface area contributed by atoms with Crippen molar-refractivity contribution in [1.82, 2.24) is 15.1 Å². The summed E-state index contributed by atoms with van der Waals surface area (Å²) >= 11 is 0. The Morgan fingerprint density at radius 2 is 1.79 bits per heavy atom. The van der Waals surface area contributed by atoms with Crippen molar-refractivity contribution in [2.75, 3.05) is 0 Å². The Hall–Kier alpha value is -3.10. The molecule has 0 aliphatic carbocycles. The number of alkyl halides is 3. The Balaban J connectivity index is 2.03. The Kier molecular flexibility index (Phi) is 5.01. The van der Waals surface area contributed by atoms with E-state index in [1.165, 1.54) is 18.3 Å². The lowest BCUT2D eigenvalue weighted by Crippen LogP contribution is -2.23. The van der Waals surface area contributed by atoms with Gasteiger partial charge in [0.15, 0.2) is 5.82 Å². The Bertz CT molecular complexity index is 1020. The van der Waals surface area contributed by atoms with Crippen LogP contribution in [0.1, 0.15) is 37.6 Å². The normalized spacial score (nSPS) is 12.2. The predicted molar refractivity (Wildman–Crippen MR) is 95.0 cm³/mol. The van der Waals surface area contributed by atoms with E-state index in [2.05, 4.69) is 19.6 Å². The van der Waals surface area contributed by atoms with E-state index in [4.69, 9.17) is 4.74 Å². The maximum Gasteiger partial charge on any atom is 0.439 e. The van der Waals surface area contributed by atoms with Crippen LogP contribution < -0.4 is 10.5 Å². The summed E-state index contributed by atoms with van der Waals surface area (Å²) in [5, 5.41) is 3.71. The molecule has 0 spiro atoms. The standard InChI is InChI=1S/C19H18F3N3O3/c1-18(2,3)27-14-8-9-23-13(15(14)16-24-17(26)28-25-16)10-11-4-6-12(7-5-11)19(20,21)22/h4-9H,10H2,1-3H3,(H,24,25,26). The molecule has 0 saturated heterocycles. The van der Waals surface area contributed by atoms with Crippen LogP contribution in [-0.2, 0) is 12.6 Å². The topological polar surface area (TPSA) is 81.0 Å². The largest absolute Gasteiger partial charge is 0.487 e. The number of pyridine rings is 1. The predicted octanol–water partition coefficient (Wildman–Crippen LogP) is 4.21. The van der Waals surface area contributed by atoms with Gasteiger partial charge in [0, 0.05) is 12.6 Å². The molecule has 6 nitrogen and oxygen atoms in total. The number of nitrogens with one attached hydrogen (secondary N) is 1. The van der Waals surface area contributed by atoms with Crippen LogP contribution in [0.5, 0.6) is 5.75 Å². The van der Waals surface area contributed by atoms with Crippen molar-refractivity contribution in [2.45, 2.75) is 39.0 Å². The molecule has 1 N–H and O–H groups in total. The summed E-state index contributed by atoms with van der Waals surface area (Å²) in [6.07, 6.45) is -2.66. The molecule has 0 saturated carbocycles. The first-order chi connectivity index (χ1) is 13.0. The lowest BCUT2D eigenvalue weighted by Gasteiger charge is -2.23. The molecule has 0 radical (unpaired) electrons. The number of halogens is 3. The molecule has 0 aliphatic rings. The van der Waals surface area contributed by atoms with Gasteiger partial charge >= 0.3 is 11.9 Å². The van der Waals surface area contributed by atoms with E-state index in [0.29, 0.717) is 22.6 Å². The summed E-state index contributed by atoms with van der Waals surface area (Å²) in [4.78, 5) is 18.2. The molecule has 0 atom stereocenters. The molecule has 0 aliphatic heterocycles. The highest BCUT2D eigenvalue weighted by Gasteiger charge is 2.30. The quantitative estimate of drug-likeness (QED) is 0.718. The van der Waals surface area contributed by atoms with E-state index in [-0.39, 0.29) is 12.2 Å². The molecule has 9 heteroatoms. The van der Waals surface area contributed by atoms with Crippen LogP contribution in [0.15, 0.2) is 45.8 Å². The van der Waals surface area contributed by atoms with Crippen LogP contribution in [0.4, 0.5) is 13.2 Å². The monoisotopic (exact) mass is 393 g/mol. The molecule has 0 unspecified atom stereocenters. The minimum absolute atomic E-state index is 0.138. The first-order valence-electron chi connectivity index (χ1n) is 8.42. The smallest absolute Gasteiger partial charge is 0.439 e. The number of aromatic amines is 1. The number of ether oxygens (including phenoxy) is 1. The van der Waals surface area contributed by atoms with Crippen LogP contribution in [0.2, 0.25) is 0 Å². The van der Waals surface area contributed by atoms with Crippen LogP contribution in [0, 0.1) is 0 Å². The van der Waals surface area contributed by atoms with E-state index in [1.54, 1.807) is 6.07 Å². The first-order valence-corrected chi connectivity index (χ1v) is 8.42. The summed E-state index contributed by atoms with van der Waals surface area (Å²) in [7, 11) is 0.